The van der Waals surface area contributed by atoms with Crippen molar-refractivity contribution in [2.75, 3.05) is 5.32 Å². The highest BCUT2D eigenvalue weighted by Gasteiger charge is 2.09. The molecule has 1 heterocycles. The van der Waals surface area contributed by atoms with E-state index in [0.29, 0.717) is 17.7 Å². The molecular formula is C19H19NO3. The van der Waals surface area contributed by atoms with Crippen LogP contribution in [0.1, 0.15) is 22.3 Å². The maximum absolute atomic E-state index is 11.8. The van der Waals surface area contributed by atoms with Gasteiger partial charge in [0.05, 0.1) is 0 Å². The smallest absolute Gasteiger partial charge is 0.336 e. The van der Waals surface area contributed by atoms with Gasteiger partial charge in [0.2, 0.25) is 0 Å². The van der Waals surface area contributed by atoms with Crippen molar-refractivity contribution in [1.29, 1.82) is 0 Å². The van der Waals surface area contributed by atoms with Crippen molar-refractivity contribution in [3.05, 3.63) is 69.1 Å². The second-order valence-corrected chi connectivity index (χ2v) is 5.83. The molecule has 0 fully saturated rings. The number of aryl methyl sites for hydroxylation is 2. The third-order valence-corrected chi connectivity index (χ3v) is 4.22. The lowest BCUT2D eigenvalue weighted by Crippen LogP contribution is -2.07. The van der Waals surface area contributed by atoms with Gasteiger partial charge in [-0.25, -0.2) is 4.79 Å². The Morgan fingerprint density at radius 3 is 2.65 bits per heavy atom. The van der Waals surface area contributed by atoms with Crippen molar-refractivity contribution in [1.82, 2.24) is 0 Å². The van der Waals surface area contributed by atoms with Gasteiger partial charge in [-0.15, -0.1) is 0 Å². The molecule has 0 bridgehead atoms. The number of hydrogen-bond acceptors (Lipinski definition) is 4. The van der Waals surface area contributed by atoms with E-state index in [1.54, 1.807) is 19.1 Å². The molecule has 1 aromatic heterocycles. The zero-order chi connectivity index (χ0) is 16.6. The van der Waals surface area contributed by atoms with Gasteiger partial charge < -0.3 is 14.8 Å². The Labute approximate surface area is 134 Å². The molecule has 0 aliphatic rings. The quantitative estimate of drug-likeness (QED) is 0.717. The van der Waals surface area contributed by atoms with E-state index in [1.165, 1.54) is 17.2 Å². The summed E-state index contributed by atoms with van der Waals surface area (Å²) in [6.45, 7) is 6.38. The number of phenolic OH excluding ortho intramolecular Hbond substituents is 1. The molecular weight excluding hydrogens is 290 g/mol. The molecule has 0 radical (unpaired) electrons. The van der Waals surface area contributed by atoms with Crippen molar-refractivity contribution < 1.29 is 9.52 Å². The lowest BCUT2D eigenvalue weighted by molar-refractivity contribution is 0.471. The lowest BCUT2D eigenvalue weighted by atomic mass is 10.1. The maximum atomic E-state index is 11.8. The third kappa shape index (κ3) is 2.93. The van der Waals surface area contributed by atoms with Crippen LogP contribution in [0.2, 0.25) is 0 Å². The van der Waals surface area contributed by atoms with E-state index >= 15 is 0 Å². The zero-order valence-electron chi connectivity index (χ0n) is 13.4. The van der Waals surface area contributed by atoms with E-state index in [0.717, 1.165) is 16.6 Å². The molecule has 3 rings (SSSR count). The number of rotatable bonds is 3. The van der Waals surface area contributed by atoms with Crippen LogP contribution in [-0.4, -0.2) is 5.11 Å². The molecule has 0 saturated carbocycles. The van der Waals surface area contributed by atoms with Gasteiger partial charge in [-0.3, -0.25) is 0 Å². The summed E-state index contributed by atoms with van der Waals surface area (Å²) in [6.07, 6.45) is 0. The van der Waals surface area contributed by atoms with Gasteiger partial charge >= 0.3 is 5.63 Å². The minimum atomic E-state index is -0.389. The van der Waals surface area contributed by atoms with Crippen LogP contribution in [0, 0.1) is 20.8 Å². The first-order valence-corrected chi connectivity index (χ1v) is 7.52. The summed E-state index contributed by atoms with van der Waals surface area (Å²) in [4.78, 5) is 11.8. The van der Waals surface area contributed by atoms with Crippen LogP contribution in [0.25, 0.3) is 11.0 Å². The van der Waals surface area contributed by atoms with Crippen LogP contribution in [0.4, 0.5) is 5.69 Å². The number of benzene rings is 2. The molecule has 4 nitrogen and oxygen atoms in total. The molecule has 3 aromatic rings. The molecule has 2 aromatic carbocycles. The standard InChI is InChI=1S/C19H19NO3/c1-11-5-4-6-16(13(11)3)20-10-14-8-19(22)23-18-7-12(2)17(21)9-15(14)18/h4-9,20-21H,10H2,1-3H3. The van der Waals surface area contributed by atoms with E-state index in [2.05, 4.69) is 25.2 Å². The molecule has 0 aliphatic heterocycles. The van der Waals surface area contributed by atoms with Crippen LogP contribution < -0.4 is 10.9 Å². The van der Waals surface area contributed by atoms with Crippen molar-refractivity contribution in [2.45, 2.75) is 27.3 Å². The molecule has 118 valence electrons. The van der Waals surface area contributed by atoms with Crippen LogP contribution in [0.15, 0.2) is 45.6 Å². The largest absolute Gasteiger partial charge is 0.508 e. The highest BCUT2D eigenvalue weighted by atomic mass is 16.4. The fraction of sp³-hybridized carbons (Fsp3) is 0.211. The number of nitrogens with one attached hydrogen (secondary N) is 1. The molecule has 23 heavy (non-hydrogen) atoms. The summed E-state index contributed by atoms with van der Waals surface area (Å²) in [7, 11) is 0. The van der Waals surface area contributed by atoms with E-state index in [4.69, 9.17) is 4.42 Å². The molecule has 0 unspecified atom stereocenters. The number of phenols is 1. The lowest BCUT2D eigenvalue weighted by Gasteiger charge is -2.13. The van der Waals surface area contributed by atoms with Crippen LogP contribution in [0.5, 0.6) is 5.75 Å². The van der Waals surface area contributed by atoms with E-state index in [9.17, 15) is 9.90 Å². The summed E-state index contributed by atoms with van der Waals surface area (Å²) in [5.41, 5.74) is 5.00. The molecule has 2 N–H and O–H groups in total. The summed E-state index contributed by atoms with van der Waals surface area (Å²) >= 11 is 0. The van der Waals surface area contributed by atoms with Gasteiger partial charge in [-0.05, 0) is 61.2 Å². The molecule has 0 spiro atoms. The fourth-order valence-corrected chi connectivity index (χ4v) is 2.64. The molecule has 0 atom stereocenters. The van der Waals surface area contributed by atoms with Crippen molar-refractivity contribution in [2.24, 2.45) is 0 Å². The Balaban J connectivity index is 2.01. The maximum Gasteiger partial charge on any atom is 0.336 e. The Hall–Kier alpha value is -2.75. The Bertz CT molecular complexity index is 941. The first kappa shape index (κ1) is 15.2. The SMILES string of the molecule is Cc1cc2oc(=O)cc(CNc3cccc(C)c3C)c2cc1O. The third-order valence-electron chi connectivity index (χ3n) is 4.22. The highest BCUT2D eigenvalue weighted by Crippen LogP contribution is 2.27. The predicted molar refractivity (Wildman–Crippen MR) is 92.1 cm³/mol. The Kier molecular flexibility index (Phi) is 3.82. The topological polar surface area (TPSA) is 62.5 Å². The van der Waals surface area contributed by atoms with E-state index in [1.807, 2.05) is 12.1 Å². The van der Waals surface area contributed by atoms with Gasteiger partial charge in [0.15, 0.2) is 0 Å². The second-order valence-electron chi connectivity index (χ2n) is 5.83. The Morgan fingerprint density at radius 1 is 1.09 bits per heavy atom. The minimum absolute atomic E-state index is 0.194. The van der Waals surface area contributed by atoms with E-state index < -0.39 is 0 Å². The van der Waals surface area contributed by atoms with Gasteiger partial charge in [0.1, 0.15) is 11.3 Å². The van der Waals surface area contributed by atoms with Crippen molar-refractivity contribution in [3.8, 4) is 5.75 Å². The summed E-state index contributed by atoms with van der Waals surface area (Å²) < 4.78 is 5.24. The zero-order valence-corrected chi connectivity index (χ0v) is 13.4. The summed E-state index contributed by atoms with van der Waals surface area (Å²) in [5, 5.41) is 14.0. The second kappa shape index (κ2) is 5.80. The first-order valence-electron chi connectivity index (χ1n) is 7.52. The van der Waals surface area contributed by atoms with E-state index in [-0.39, 0.29) is 11.4 Å². The Morgan fingerprint density at radius 2 is 1.87 bits per heavy atom. The van der Waals surface area contributed by atoms with Gasteiger partial charge in [0.25, 0.3) is 0 Å². The van der Waals surface area contributed by atoms with Crippen LogP contribution >= 0.6 is 0 Å². The van der Waals surface area contributed by atoms with Crippen LogP contribution in [-0.2, 0) is 6.54 Å². The monoisotopic (exact) mass is 309 g/mol. The van der Waals surface area contributed by atoms with Gasteiger partial charge in [-0.1, -0.05) is 12.1 Å². The number of aromatic hydroxyl groups is 1. The molecule has 0 amide bonds. The van der Waals surface area contributed by atoms with Crippen molar-refractivity contribution in [3.63, 3.8) is 0 Å². The number of fused-ring (bicyclic) bond motifs is 1. The summed E-state index contributed by atoms with van der Waals surface area (Å²) in [5.74, 6) is 0.194. The van der Waals surface area contributed by atoms with Gasteiger partial charge in [0, 0.05) is 23.7 Å². The number of hydrogen-bond donors (Lipinski definition) is 2. The number of anilines is 1. The predicted octanol–water partition coefficient (Wildman–Crippen LogP) is 4.04. The van der Waals surface area contributed by atoms with Crippen molar-refractivity contribution >= 4 is 16.7 Å². The minimum Gasteiger partial charge on any atom is -0.508 e. The average Bonchev–Trinajstić information content (AvgIpc) is 2.50. The average molecular weight is 309 g/mol. The first-order chi connectivity index (χ1) is 11.0. The van der Waals surface area contributed by atoms with Crippen LogP contribution in [0.3, 0.4) is 0 Å². The fourth-order valence-electron chi connectivity index (χ4n) is 2.64. The molecule has 0 saturated heterocycles. The molecule has 0 aliphatic carbocycles. The summed E-state index contributed by atoms with van der Waals surface area (Å²) in [6, 6.07) is 10.9. The van der Waals surface area contributed by atoms with Gasteiger partial charge in [-0.2, -0.15) is 0 Å². The molecule has 4 heteroatoms. The normalized spacial score (nSPS) is 10.9. The highest BCUT2D eigenvalue weighted by molar-refractivity contribution is 5.83.